The van der Waals surface area contributed by atoms with Crippen LogP contribution in [0.2, 0.25) is 0 Å². The molecular formula is C14H22N2O4. The van der Waals surface area contributed by atoms with Crippen LogP contribution in [0.3, 0.4) is 0 Å². The first-order valence-electron chi connectivity index (χ1n) is 7.30. The summed E-state index contributed by atoms with van der Waals surface area (Å²) >= 11 is 0. The van der Waals surface area contributed by atoms with Crippen molar-refractivity contribution in [3.8, 4) is 0 Å². The predicted octanol–water partition coefficient (Wildman–Crippen LogP) is 0.518. The molecule has 1 aliphatic heterocycles. The van der Waals surface area contributed by atoms with Crippen LogP contribution in [0.5, 0.6) is 0 Å². The number of carboxylic acid groups (broad SMARTS) is 1. The molecule has 0 aromatic rings. The van der Waals surface area contributed by atoms with E-state index in [0.717, 1.165) is 12.8 Å². The number of rotatable bonds is 3. The van der Waals surface area contributed by atoms with Gasteiger partial charge in [-0.05, 0) is 38.0 Å². The zero-order valence-corrected chi connectivity index (χ0v) is 11.7. The average Bonchev–Trinajstić information content (AvgIpc) is 2.68. The van der Waals surface area contributed by atoms with Crippen molar-refractivity contribution in [1.82, 2.24) is 10.6 Å². The molecule has 1 saturated carbocycles. The number of hydrogen-bond donors (Lipinski definition) is 3. The predicted molar refractivity (Wildman–Crippen MR) is 71.8 cm³/mol. The summed E-state index contributed by atoms with van der Waals surface area (Å²) in [5.41, 5.74) is 0. The second-order valence-corrected chi connectivity index (χ2v) is 5.98. The highest BCUT2D eigenvalue weighted by atomic mass is 16.4. The van der Waals surface area contributed by atoms with Crippen LogP contribution >= 0.6 is 0 Å². The highest BCUT2D eigenvalue weighted by molar-refractivity contribution is 5.90. The summed E-state index contributed by atoms with van der Waals surface area (Å²) < 4.78 is 0. The van der Waals surface area contributed by atoms with Crippen molar-refractivity contribution in [1.29, 1.82) is 0 Å². The number of carboxylic acids is 1. The number of hydrogen-bond acceptors (Lipinski definition) is 3. The topological polar surface area (TPSA) is 95.5 Å². The molecule has 1 aliphatic carbocycles. The van der Waals surface area contributed by atoms with Gasteiger partial charge in [-0.25, -0.2) is 0 Å². The minimum Gasteiger partial charge on any atom is -0.481 e. The Bertz CT molecular complexity index is 410. The van der Waals surface area contributed by atoms with Crippen LogP contribution in [0.1, 0.15) is 39.0 Å². The van der Waals surface area contributed by atoms with Crippen molar-refractivity contribution in [2.75, 3.05) is 6.54 Å². The van der Waals surface area contributed by atoms with Crippen molar-refractivity contribution in [3.05, 3.63) is 0 Å². The van der Waals surface area contributed by atoms with E-state index in [1.807, 2.05) is 6.92 Å². The zero-order valence-electron chi connectivity index (χ0n) is 11.7. The highest BCUT2D eigenvalue weighted by Gasteiger charge is 2.42. The Morgan fingerprint density at radius 1 is 1.25 bits per heavy atom. The molecule has 0 radical (unpaired) electrons. The molecule has 2 amide bonds. The first kappa shape index (κ1) is 14.8. The third kappa shape index (κ3) is 3.29. The molecule has 20 heavy (non-hydrogen) atoms. The molecule has 2 fully saturated rings. The molecular weight excluding hydrogens is 260 g/mol. The summed E-state index contributed by atoms with van der Waals surface area (Å²) in [6.07, 6.45) is 3.53. The fourth-order valence-electron chi connectivity index (χ4n) is 3.21. The first-order chi connectivity index (χ1) is 9.49. The van der Waals surface area contributed by atoms with Crippen LogP contribution in [0.4, 0.5) is 0 Å². The van der Waals surface area contributed by atoms with Gasteiger partial charge in [-0.2, -0.15) is 0 Å². The minimum atomic E-state index is -0.917. The van der Waals surface area contributed by atoms with E-state index in [-0.39, 0.29) is 17.7 Å². The molecule has 2 unspecified atom stereocenters. The van der Waals surface area contributed by atoms with Gasteiger partial charge < -0.3 is 15.7 Å². The maximum atomic E-state index is 12.3. The van der Waals surface area contributed by atoms with Gasteiger partial charge >= 0.3 is 5.97 Å². The lowest BCUT2D eigenvalue weighted by atomic mass is 9.95. The summed E-state index contributed by atoms with van der Waals surface area (Å²) in [4.78, 5) is 35.3. The quantitative estimate of drug-likeness (QED) is 0.703. The SMILES string of the molecule is CC1C[C@H](C(=O)NC2CCCCNC2=O)[C@H](C(=O)O)C1. The van der Waals surface area contributed by atoms with Crippen molar-refractivity contribution >= 4 is 17.8 Å². The van der Waals surface area contributed by atoms with E-state index in [0.29, 0.717) is 25.8 Å². The number of aliphatic carboxylic acids is 1. The number of nitrogens with one attached hydrogen (secondary N) is 2. The summed E-state index contributed by atoms with van der Waals surface area (Å²) in [5.74, 6) is -2.27. The van der Waals surface area contributed by atoms with Gasteiger partial charge in [0.1, 0.15) is 6.04 Å². The van der Waals surface area contributed by atoms with E-state index in [4.69, 9.17) is 0 Å². The molecule has 6 heteroatoms. The van der Waals surface area contributed by atoms with E-state index in [2.05, 4.69) is 10.6 Å². The van der Waals surface area contributed by atoms with Crippen LogP contribution in [0.25, 0.3) is 0 Å². The van der Waals surface area contributed by atoms with Crippen LogP contribution in [0, 0.1) is 17.8 Å². The van der Waals surface area contributed by atoms with Gasteiger partial charge in [0.15, 0.2) is 0 Å². The van der Waals surface area contributed by atoms with E-state index in [1.54, 1.807) is 0 Å². The van der Waals surface area contributed by atoms with Gasteiger partial charge in [0.2, 0.25) is 11.8 Å². The van der Waals surface area contributed by atoms with Gasteiger partial charge in [-0.3, -0.25) is 14.4 Å². The van der Waals surface area contributed by atoms with Crippen LogP contribution < -0.4 is 10.6 Å². The second-order valence-electron chi connectivity index (χ2n) is 5.98. The Kier molecular flexibility index (Phi) is 4.62. The third-order valence-corrected chi connectivity index (χ3v) is 4.30. The summed E-state index contributed by atoms with van der Waals surface area (Å²) in [6, 6.07) is -0.518. The maximum absolute atomic E-state index is 12.3. The zero-order chi connectivity index (χ0) is 14.7. The van der Waals surface area contributed by atoms with Gasteiger partial charge in [0.05, 0.1) is 11.8 Å². The number of carbonyl (C=O) groups excluding carboxylic acids is 2. The molecule has 4 atom stereocenters. The monoisotopic (exact) mass is 282 g/mol. The Morgan fingerprint density at radius 2 is 1.95 bits per heavy atom. The largest absolute Gasteiger partial charge is 0.481 e. The van der Waals surface area contributed by atoms with Crippen LogP contribution in [-0.2, 0) is 14.4 Å². The van der Waals surface area contributed by atoms with E-state index < -0.39 is 23.8 Å². The highest BCUT2D eigenvalue weighted by Crippen LogP contribution is 2.36. The van der Waals surface area contributed by atoms with E-state index in [9.17, 15) is 19.5 Å². The Hall–Kier alpha value is -1.59. The summed E-state index contributed by atoms with van der Waals surface area (Å²) in [5, 5.41) is 14.7. The molecule has 0 aromatic carbocycles. The summed E-state index contributed by atoms with van der Waals surface area (Å²) in [7, 11) is 0. The van der Waals surface area contributed by atoms with Crippen molar-refractivity contribution in [3.63, 3.8) is 0 Å². The van der Waals surface area contributed by atoms with Gasteiger partial charge in [0.25, 0.3) is 0 Å². The molecule has 0 aromatic heterocycles. The van der Waals surface area contributed by atoms with E-state index >= 15 is 0 Å². The molecule has 0 bridgehead atoms. The fourth-order valence-corrected chi connectivity index (χ4v) is 3.21. The molecule has 3 N–H and O–H groups in total. The first-order valence-corrected chi connectivity index (χ1v) is 7.30. The molecule has 2 rings (SSSR count). The molecule has 2 aliphatic rings. The summed E-state index contributed by atoms with van der Waals surface area (Å²) in [6.45, 7) is 2.60. The molecule has 1 heterocycles. The Morgan fingerprint density at radius 3 is 2.65 bits per heavy atom. The maximum Gasteiger partial charge on any atom is 0.307 e. The lowest BCUT2D eigenvalue weighted by molar-refractivity contribution is -0.146. The molecule has 112 valence electrons. The van der Waals surface area contributed by atoms with Crippen LogP contribution in [0.15, 0.2) is 0 Å². The van der Waals surface area contributed by atoms with Gasteiger partial charge in [-0.1, -0.05) is 6.92 Å². The average molecular weight is 282 g/mol. The normalized spacial score (nSPS) is 34.1. The van der Waals surface area contributed by atoms with Crippen molar-refractivity contribution in [2.45, 2.75) is 45.1 Å². The lowest BCUT2D eigenvalue weighted by Crippen LogP contribution is -2.48. The smallest absolute Gasteiger partial charge is 0.307 e. The molecule has 1 saturated heterocycles. The Balaban J connectivity index is 1.99. The lowest BCUT2D eigenvalue weighted by Gasteiger charge is -2.20. The second kappa shape index (κ2) is 6.24. The minimum absolute atomic E-state index is 0.159. The van der Waals surface area contributed by atoms with Crippen LogP contribution in [-0.4, -0.2) is 35.5 Å². The third-order valence-electron chi connectivity index (χ3n) is 4.30. The fraction of sp³-hybridized carbons (Fsp3) is 0.786. The standard InChI is InChI=1S/C14H22N2O4/c1-8-6-9(10(7-8)14(19)20)12(17)16-11-4-2-3-5-15-13(11)18/h8-11H,2-7H2,1H3,(H,15,18)(H,16,17)(H,19,20)/t8?,9-,10+,11?/m0/s1. The van der Waals surface area contributed by atoms with Gasteiger partial charge in [0, 0.05) is 6.54 Å². The Labute approximate surface area is 118 Å². The molecule has 6 nitrogen and oxygen atoms in total. The number of carbonyl (C=O) groups is 3. The van der Waals surface area contributed by atoms with Crippen molar-refractivity contribution < 1.29 is 19.5 Å². The van der Waals surface area contributed by atoms with E-state index in [1.165, 1.54) is 0 Å². The molecule has 0 spiro atoms. The van der Waals surface area contributed by atoms with Gasteiger partial charge in [-0.15, -0.1) is 0 Å². The van der Waals surface area contributed by atoms with Crippen molar-refractivity contribution in [2.24, 2.45) is 17.8 Å². The number of amides is 2.